The molecule has 1 aromatic rings. The van der Waals surface area contributed by atoms with Gasteiger partial charge in [0.2, 0.25) is 0 Å². The van der Waals surface area contributed by atoms with E-state index in [2.05, 4.69) is 5.32 Å². The summed E-state index contributed by atoms with van der Waals surface area (Å²) in [5.74, 6) is -1.19. The molecule has 0 radical (unpaired) electrons. The lowest BCUT2D eigenvalue weighted by atomic mass is 10.0. The first-order chi connectivity index (χ1) is 9.70. The van der Waals surface area contributed by atoms with Crippen molar-refractivity contribution in [3.8, 4) is 0 Å². The minimum absolute atomic E-state index is 0.142. The molecule has 1 N–H and O–H groups in total. The molecule has 0 bridgehead atoms. The predicted molar refractivity (Wildman–Crippen MR) is 72.5 cm³/mol. The molecule has 2 atom stereocenters. The summed E-state index contributed by atoms with van der Waals surface area (Å²) in [6.07, 6.45) is 2.21. The van der Waals surface area contributed by atoms with E-state index in [1.54, 1.807) is 13.2 Å². The number of halogens is 2. The molecule has 1 aliphatic heterocycles. The summed E-state index contributed by atoms with van der Waals surface area (Å²) in [6.45, 7) is 2.79. The second kappa shape index (κ2) is 7.67. The fraction of sp³-hybridized carbons (Fsp3) is 0.600. The number of ether oxygens (including phenoxy) is 2. The third-order valence-corrected chi connectivity index (χ3v) is 3.59. The quantitative estimate of drug-likeness (QED) is 0.871. The van der Waals surface area contributed by atoms with E-state index in [4.69, 9.17) is 9.47 Å². The van der Waals surface area contributed by atoms with Crippen LogP contribution in [0.25, 0.3) is 0 Å². The zero-order valence-electron chi connectivity index (χ0n) is 11.7. The van der Waals surface area contributed by atoms with Crippen molar-refractivity contribution in [3.63, 3.8) is 0 Å². The van der Waals surface area contributed by atoms with Crippen molar-refractivity contribution in [2.24, 2.45) is 5.92 Å². The largest absolute Gasteiger partial charge is 0.383 e. The first kappa shape index (κ1) is 15.4. The molecule has 5 heteroatoms. The monoisotopic (exact) mass is 285 g/mol. The first-order valence-electron chi connectivity index (χ1n) is 6.95. The SMILES string of the molecule is COC[C@H](NC[C@H]1CCCOC1)c1ccc(F)c(F)c1. The van der Waals surface area contributed by atoms with E-state index in [0.717, 1.165) is 38.7 Å². The lowest BCUT2D eigenvalue weighted by Gasteiger charge is -2.25. The van der Waals surface area contributed by atoms with Crippen molar-refractivity contribution < 1.29 is 18.3 Å². The van der Waals surface area contributed by atoms with Crippen molar-refractivity contribution in [2.75, 3.05) is 33.5 Å². The van der Waals surface area contributed by atoms with Crippen LogP contribution in [0, 0.1) is 17.6 Å². The number of hydrogen-bond donors (Lipinski definition) is 1. The zero-order chi connectivity index (χ0) is 14.4. The van der Waals surface area contributed by atoms with Gasteiger partial charge < -0.3 is 14.8 Å². The maximum Gasteiger partial charge on any atom is 0.159 e. The minimum atomic E-state index is -0.828. The third-order valence-electron chi connectivity index (χ3n) is 3.59. The van der Waals surface area contributed by atoms with E-state index in [-0.39, 0.29) is 6.04 Å². The highest BCUT2D eigenvalue weighted by Gasteiger charge is 2.18. The summed E-state index contributed by atoms with van der Waals surface area (Å²) in [5.41, 5.74) is 0.697. The van der Waals surface area contributed by atoms with E-state index >= 15 is 0 Å². The van der Waals surface area contributed by atoms with E-state index in [0.29, 0.717) is 18.1 Å². The fourth-order valence-electron chi connectivity index (χ4n) is 2.45. The lowest BCUT2D eigenvalue weighted by molar-refractivity contribution is 0.0519. The average molecular weight is 285 g/mol. The normalized spacial score (nSPS) is 20.9. The maximum atomic E-state index is 13.3. The zero-order valence-corrected chi connectivity index (χ0v) is 11.7. The van der Waals surface area contributed by atoms with Crippen molar-refractivity contribution in [3.05, 3.63) is 35.4 Å². The van der Waals surface area contributed by atoms with Crippen LogP contribution in [0.5, 0.6) is 0 Å². The van der Waals surface area contributed by atoms with Crippen molar-refractivity contribution in [1.29, 1.82) is 0 Å². The molecular formula is C15H21F2NO2. The number of benzene rings is 1. The van der Waals surface area contributed by atoms with Crippen LogP contribution in [-0.4, -0.2) is 33.5 Å². The van der Waals surface area contributed by atoms with E-state index < -0.39 is 11.6 Å². The first-order valence-corrected chi connectivity index (χ1v) is 6.95. The van der Waals surface area contributed by atoms with Crippen LogP contribution in [0.2, 0.25) is 0 Å². The molecule has 20 heavy (non-hydrogen) atoms. The van der Waals surface area contributed by atoms with Gasteiger partial charge in [-0.25, -0.2) is 8.78 Å². The van der Waals surface area contributed by atoms with Crippen LogP contribution in [0.15, 0.2) is 18.2 Å². The van der Waals surface area contributed by atoms with Crippen molar-refractivity contribution in [2.45, 2.75) is 18.9 Å². The Morgan fingerprint density at radius 2 is 2.25 bits per heavy atom. The van der Waals surface area contributed by atoms with Crippen LogP contribution in [0.1, 0.15) is 24.4 Å². The highest BCUT2D eigenvalue weighted by atomic mass is 19.2. The molecule has 1 heterocycles. The van der Waals surface area contributed by atoms with Crippen LogP contribution >= 0.6 is 0 Å². The van der Waals surface area contributed by atoms with Gasteiger partial charge in [-0.05, 0) is 36.5 Å². The highest BCUT2D eigenvalue weighted by molar-refractivity contribution is 5.21. The Morgan fingerprint density at radius 1 is 1.40 bits per heavy atom. The molecule has 0 saturated carbocycles. The Morgan fingerprint density at radius 3 is 2.90 bits per heavy atom. The fourth-order valence-corrected chi connectivity index (χ4v) is 2.45. The van der Waals surface area contributed by atoms with Gasteiger partial charge in [0.15, 0.2) is 11.6 Å². The van der Waals surface area contributed by atoms with Gasteiger partial charge in [0, 0.05) is 20.3 Å². The Balaban J connectivity index is 1.96. The average Bonchev–Trinajstić information content (AvgIpc) is 2.47. The summed E-state index contributed by atoms with van der Waals surface area (Å²) < 4.78 is 36.9. The molecule has 1 aromatic carbocycles. The van der Waals surface area contributed by atoms with Crippen LogP contribution in [0.4, 0.5) is 8.78 Å². The molecule has 0 aromatic heterocycles. The van der Waals surface area contributed by atoms with Crippen LogP contribution < -0.4 is 5.32 Å². The van der Waals surface area contributed by atoms with Crippen LogP contribution in [0.3, 0.4) is 0 Å². The summed E-state index contributed by atoms with van der Waals surface area (Å²) in [7, 11) is 1.60. The van der Waals surface area contributed by atoms with Gasteiger partial charge in [-0.15, -0.1) is 0 Å². The van der Waals surface area contributed by atoms with Crippen molar-refractivity contribution in [1.82, 2.24) is 5.32 Å². The molecule has 0 amide bonds. The number of hydrogen-bond acceptors (Lipinski definition) is 3. The third kappa shape index (κ3) is 4.23. The molecule has 0 spiro atoms. The molecular weight excluding hydrogens is 264 g/mol. The standard InChI is InChI=1S/C15H21F2NO2/c1-19-10-15(12-4-5-13(16)14(17)7-12)18-8-11-3-2-6-20-9-11/h4-5,7,11,15,18H,2-3,6,8-10H2,1H3/t11-,15+/m1/s1. The smallest absolute Gasteiger partial charge is 0.159 e. The summed E-state index contributed by atoms with van der Waals surface area (Å²) in [6, 6.07) is 3.83. The summed E-state index contributed by atoms with van der Waals surface area (Å²) in [5, 5.41) is 3.36. The predicted octanol–water partition coefficient (Wildman–Crippen LogP) is 2.67. The second-order valence-corrected chi connectivity index (χ2v) is 5.17. The molecule has 3 nitrogen and oxygen atoms in total. The summed E-state index contributed by atoms with van der Waals surface area (Å²) in [4.78, 5) is 0. The van der Waals surface area contributed by atoms with Gasteiger partial charge in [-0.3, -0.25) is 0 Å². The van der Waals surface area contributed by atoms with Gasteiger partial charge in [0.05, 0.1) is 19.3 Å². The number of rotatable bonds is 6. The summed E-state index contributed by atoms with van der Waals surface area (Å²) >= 11 is 0. The van der Waals surface area contributed by atoms with Crippen LogP contribution in [-0.2, 0) is 9.47 Å². The molecule has 2 rings (SSSR count). The van der Waals surface area contributed by atoms with E-state index in [1.165, 1.54) is 6.07 Å². The molecule has 1 saturated heterocycles. The molecule has 1 aliphatic rings. The minimum Gasteiger partial charge on any atom is -0.383 e. The van der Waals surface area contributed by atoms with Gasteiger partial charge in [0.1, 0.15) is 0 Å². The maximum absolute atomic E-state index is 13.3. The van der Waals surface area contributed by atoms with Crippen molar-refractivity contribution >= 4 is 0 Å². The second-order valence-electron chi connectivity index (χ2n) is 5.17. The number of methoxy groups -OCH3 is 1. The molecule has 1 fully saturated rings. The molecule has 0 aliphatic carbocycles. The van der Waals surface area contributed by atoms with Gasteiger partial charge in [-0.2, -0.15) is 0 Å². The Bertz CT molecular complexity index is 422. The lowest BCUT2D eigenvalue weighted by Crippen LogP contribution is -2.33. The molecule has 0 unspecified atom stereocenters. The Kier molecular flexibility index (Phi) is 5.88. The Labute approximate surface area is 118 Å². The number of nitrogens with one attached hydrogen (secondary N) is 1. The molecule has 112 valence electrons. The highest BCUT2D eigenvalue weighted by Crippen LogP contribution is 2.19. The topological polar surface area (TPSA) is 30.5 Å². The Hall–Kier alpha value is -1.04. The van der Waals surface area contributed by atoms with Gasteiger partial charge in [-0.1, -0.05) is 6.07 Å². The van der Waals surface area contributed by atoms with Gasteiger partial charge in [0.25, 0.3) is 0 Å². The van der Waals surface area contributed by atoms with E-state index in [9.17, 15) is 8.78 Å². The van der Waals surface area contributed by atoms with E-state index in [1.807, 2.05) is 0 Å². The van der Waals surface area contributed by atoms with Gasteiger partial charge >= 0.3 is 0 Å².